The molecule has 0 radical (unpaired) electrons. The van der Waals surface area contributed by atoms with Crippen LogP contribution in [0.3, 0.4) is 0 Å². The van der Waals surface area contributed by atoms with Gasteiger partial charge in [-0.15, -0.1) is 0 Å². The van der Waals surface area contributed by atoms with Gasteiger partial charge in [0.25, 0.3) is 0 Å². The molecule has 0 heterocycles. The van der Waals surface area contributed by atoms with Crippen molar-refractivity contribution in [2.24, 2.45) is 0 Å². The monoisotopic (exact) mass is 297 g/mol. The van der Waals surface area contributed by atoms with Crippen LogP contribution >= 0.6 is 0 Å². The summed E-state index contributed by atoms with van der Waals surface area (Å²) in [5.41, 5.74) is 3.18. The van der Waals surface area contributed by atoms with Gasteiger partial charge in [-0.2, -0.15) is 0 Å². The van der Waals surface area contributed by atoms with E-state index in [-0.39, 0.29) is 0 Å². The summed E-state index contributed by atoms with van der Waals surface area (Å²) >= 11 is 0. The average Bonchev–Trinajstić information content (AvgIpc) is 2.48. The maximum Gasteiger partial charge on any atom is 0.314 e. The number of anilines is 1. The van der Waals surface area contributed by atoms with Crippen LogP contribution in [0.15, 0.2) is 48.5 Å². The number of rotatable bonds is 5. The first kappa shape index (κ1) is 16.1. The molecule has 2 aromatic rings. The number of carbonyl (C=O) groups is 1. The Morgan fingerprint density at radius 2 is 1.59 bits per heavy atom. The summed E-state index contributed by atoms with van der Waals surface area (Å²) in [6.45, 7) is 3.79. The predicted octanol–water partition coefficient (Wildman–Crippen LogP) is 3.65. The summed E-state index contributed by atoms with van der Waals surface area (Å²) in [5, 5.41) is 9.75. The minimum absolute atomic E-state index is 0.471. The molecule has 0 amide bonds. The van der Waals surface area contributed by atoms with Gasteiger partial charge in [0.1, 0.15) is 0 Å². The molecule has 0 aliphatic heterocycles. The van der Waals surface area contributed by atoms with Crippen molar-refractivity contribution in [3.63, 3.8) is 0 Å². The van der Waals surface area contributed by atoms with Crippen molar-refractivity contribution in [2.75, 3.05) is 19.0 Å². The highest BCUT2D eigenvalue weighted by atomic mass is 16.4. The minimum atomic E-state index is -0.923. The molecule has 3 nitrogen and oxygen atoms in total. The number of hydrogen-bond acceptors (Lipinski definition) is 2. The third kappa shape index (κ3) is 3.30. The number of nitrogens with zero attached hydrogens (tertiary/aromatic N) is 1. The van der Waals surface area contributed by atoms with Crippen LogP contribution in [-0.4, -0.2) is 25.2 Å². The van der Waals surface area contributed by atoms with Crippen LogP contribution in [0, 0.1) is 6.92 Å². The highest BCUT2D eigenvalue weighted by Crippen LogP contribution is 2.29. The molecule has 3 heteroatoms. The molecule has 1 N–H and O–H groups in total. The zero-order valence-electron chi connectivity index (χ0n) is 13.6. The van der Waals surface area contributed by atoms with Crippen LogP contribution in [0.1, 0.15) is 23.6 Å². The Morgan fingerprint density at radius 3 is 2.05 bits per heavy atom. The Balaban J connectivity index is 2.32. The van der Waals surface area contributed by atoms with Crippen LogP contribution < -0.4 is 4.90 Å². The number of aryl methyl sites for hydroxylation is 1. The molecule has 116 valence electrons. The average molecular weight is 297 g/mol. The predicted molar refractivity (Wildman–Crippen MR) is 90.6 cm³/mol. The van der Waals surface area contributed by atoms with E-state index in [9.17, 15) is 9.90 Å². The molecule has 0 bridgehead atoms. The first-order chi connectivity index (χ1) is 10.3. The Morgan fingerprint density at radius 1 is 1.05 bits per heavy atom. The van der Waals surface area contributed by atoms with Gasteiger partial charge in [-0.05, 0) is 43.5 Å². The van der Waals surface area contributed by atoms with Crippen molar-refractivity contribution in [1.29, 1.82) is 0 Å². The second kappa shape index (κ2) is 6.22. The fourth-order valence-corrected chi connectivity index (χ4v) is 2.54. The molecule has 2 rings (SSSR count). The van der Waals surface area contributed by atoms with E-state index in [1.807, 2.05) is 74.4 Å². The number of benzene rings is 2. The van der Waals surface area contributed by atoms with Crippen LogP contribution in [0.2, 0.25) is 0 Å². The Hall–Kier alpha value is -2.29. The van der Waals surface area contributed by atoms with Gasteiger partial charge < -0.3 is 10.0 Å². The van der Waals surface area contributed by atoms with Gasteiger partial charge in [0.15, 0.2) is 0 Å². The van der Waals surface area contributed by atoms with Gasteiger partial charge in [0.05, 0.1) is 5.41 Å². The van der Waals surface area contributed by atoms with Crippen LogP contribution in [-0.2, 0) is 16.6 Å². The van der Waals surface area contributed by atoms with E-state index in [4.69, 9.17) is 0 Å². The molecular formula is C19H23NO2. The topological polar surface area (TPSA) is 40.5 Å². The van der Waals surface area contributed by atoms with Crippen molar-refractivity contribution in [3.05, 3.63) is 65.2 Å². The molecule has 2 aromatic carbocycles. The highest BCUT2D eigenvalue weighted by Gasteiger charge is 2.35. The SMILES string of the molecule is Cc1ccc(C(C)(Cc2ccc(N(C)C)cc2)C(=O)O)cc1. The quantitative estimate of drug-likeness (QED) is 0.916. The van der Waals surface area contributed by atoms with Gasteiger partial charge >= 0.3 is 5.97 Å². The highest BCUT2D eigenvalue weighted by molar-refractivity contribution is 5.81. The molecule has 0 aromatic heterocycles. The molecule has 0 fully saturated rings. The second-order valence-corrected chi connectivity index (χ2v) is 6.24. The number of carboxylic acids is 1. The van der Waals surface area contributed by atoms with Crippen molar-refractivity contribution >= 4 is 11.7 Å². The normalized spacial score (nSPS) is 13.5. The van der Waals surface area contributed by atoms with Crippen LogP contribution in [0.25, 0.3) is 0 Å². The maximum atomic E-state index is 11.9. The summed E-state index contributed by atoms with van der Waals surface area (Å²) in [7, 11) is 3.98. The maximum absolute atomic E-state index is 11.9. The Labute approximate surface area is 132 Å². The third-order valence-corrected chi connectivity index (χ3v) is 4.17. The number of carboxylic acid groups (broad SMARTS) is 1. The summed E-state index contributed by atoms with van der Waals surface area (Å²) in [6, 6.07) is 15.8. The molecule has 1 atom stereocenters. The molecule has 0 aliphatic carbocycles. The molecular weight excluding hydrogens is 274 g/mol. The molecule has 1 unspecified atom stereocenters. The Bertz CT molecular complexity index is 644. The van der Waals surface area contributed by atoms with Gasteiger partial charge in [-0.25, -0.2) is 0 Å². The number of aliphatic carboxylic acids is 1. The lowest BCUT2D eigenvalue weighted by Crippen LogP contribution is -2.34. The molecule has 0 saturated carbocycles. The summed E-state index contributed by atoms with van der Waals surface area (Å²) in [5.74, 6) is -0.798. The lowest BCUT2D eigenvalue weighted by atomic mass is 9.77. The number of hydrogen-bond donors (Lipinski definition) is 1. The van der Waals surface area contributed by atoms with Crippen molar-refractivity contribution < 1.29 is 9.90 Å². The van der Waals surface area contributed by atoms with Crippen molar-refractivity contribution in [2.45, 2.75) is 25.7 Å². The van der Waals surface area contributed by atoms with Gasteiger partial charge in [0.2, 0.25) is 0 Å². The molecule has 0 spiro atoms. The van der Waals surface area contributed by atoms with E-state index in [0.29, 0.717) is 6.42 Å². The van der Waals surface area contributed by atoms with E-state index >= 15 is 0 Å². The molecule has 22 heavy (non-hydrogen) atoms. The van der Waals surface area contributed by atoms with Crippen molar-refractivity contribution in [3.8, 4) is 0 Å². The summed E-state index contributed by atoms with van der Waals surface area (Å²) in [4.78, 5) is 13.9. The van der Waals surface area contributed by atoms with Crippen LogP contribution in [0.5, 0.6) is 0 Å². The fraction of sp³-hybridized carbons (Fsp3) is 0.316. The molecule has 0 aliphatic rings. The van der Waals surface area contributed by atoms with E-state index in [0.717, 1.165) is 22.4 Å². The van der Waals surface area contributed by atoms with E-state index in [2.05, 4.69) is 0 Å². The smallest absolute Gasteiger partial charge is 0.314 e. The summed E-state index contributed by atoms with van der Waals surface area (Å²) < 4.78 is 0. The first-order valence-electron chi connectivity index (χ1n) is 7.40. The zero-order chi connectivity index (χ0) is 16.3. The standard InChI is InChI=1S/C19H23NO2/c1-14-5-9-16(10-6-14)19(2,18(21)22)13-15-7-11-17(12-8-15)20(3)4/h5-12H,13H2,1-4H3,(H,21,22). The van der Waals surface area contributed by atoms with Crippen molar-refractivity contribution in [1.82, 2.24) is 0 Å². The zero-order valence-corrected chi connectivity index (χ0v) is 13.6. The van der Waals surface area contributed by atoms with E-state index in [1.54, 1.807) is 6.92 Å². The minimum Gasteiger partial charge on any atom is -0.481 e. The van der Waals surface area contributed by atoms with E-state index < -0.39 is 11.4 Å². The second-order valence-electron chi connectivity index (χ2n) is 6.24. The fourth-order valence-electron chi connectivity index (χ4n) is 2.54. The van der Waals surface area contributed by atoms with Gasteiger partial charge in [-0.1, -0.05) is 42.0 Å². The van der Waals surface area contributed by atoms with Gasteiger partial charge in [-0.3, -0.25) is 4.79 Å². The lowest BCUT2D eigenvalue weighted by Gasteiger charge is -2.26. The third-order valence-electron chi connectivity index (χ3n) is 4.17. The lowest BCUT2D eigenvalue weighted by molar-refractivity contribution is -0.143. The largest absolute Gasteiger partial charge is 0.481 e. The van der Waals surface area contributed by atoms with Crippen LogP contribution in [0.4, 0.5) is 5.69 Å². The van der Waals surface area contributed by atoms with E-state index in [1.165, 1.54) is 0 Å². The molecule has 0 saturated heterocycles. The first-order valence-corrected chi connectivity index (χ1v) is 7.40. The summed E-state index contributed by atoms with van der Waals surface area (Å²) in [6.07, 6.45) is 0.471. The Kier molecular flexibility index (Phi) is 4.55. The van der Waals surface area contributed by atoms with Gasteiger partial charge in [0, 0.05) is 19.8 Å².